The molecular formula is C18H20N2O3. The van der Waals surface area contributed by atoms with Gasteiger partial charge in [-0.25, -0.2) is 0 Å². The third-order valence-electron chi connectivity index (χ3n) is 4.29. The molecule has 5 nitrogen and oxygen atoms in total. The Morgan fingerprint density at radius 3 is 2.83 bits per heavy atom. The Morgan fingerprint density at radius 2 is 2.09 bits per heavy atom. The summed E-state index contributed by atoms with van der Waals surface area (Å²) in [4.78, 5) is 27.2. The lowest BCUT2D eigenvalue weighted by Crippen LogP contribution is -2.40. The molecule has 0 unspecified atom stereocenters. The maximum Gasteiger partial charge on any atom is 0.261 e. The molecule has 0 saturated carbocycles. The number of rotatable bonds is 3. The summed E-state index contributed by atoms with van der Waals surface area (Å²) >= 11 is 0. The minimum atomic E-state index is -0.352. The van der Waals surface area contributed by atoms with Crippen LogP contribution in [-0.2, 0) is 0 Å². The van der Waals surface area contributed by atoms with E-state index in [0.29, 0.717) is 12.2 Å². The molecule has 23 heavy (non-hydrogen) atoms. The van der Waals surface area contributed by atoms with Crippen molar-refractivity contribution in [2.45, 2.75) is 32.7 Å². The van der Waals surface area contributed by atoms with Gasteiger partial charge >= 0.3 is 0 Å². The zero-order valence-corrected chi connectivity index (χ0v) is 13.5. The zero-order chi connectivity index (χ0) is 16.6. The van der Waals surface area contributed by atoms with Crippen LogP contribution < -0.4 is 15.6 Å². The van der Waals surface area contributed by atoms with Crippen molar-refractivity contribution in [1.82, 2.24) is 10.3 Å². The minimum Gasteiger partial charge on any atom is -0.493 e. The molecule has 1 amide bonds. The van der Waals surface area contributed by atoms with Gasteiger partial charge in [-0.15, -0.1) is 0 Å². The monoisotopic (exact) mass is 312 g/mol. The molecule has 2 N–H and O–H groups in total. The van der Waals surface area contributed by atoms with E-state index in [1.807, 2.05) is 31.2 Å². The first-order chi connectivity index (χ1) is 11.0. The molecule has 1 aromatic heterocycles. The highest BCUT2D eigenvalue weighted by Gasteiger charge is 2.30. The average molecular weight is 312 g/mol. The van der Waals surface area contributed by atoms with Crippen LogP contribution in [0.2, 0.25) is 0 Å². The number of nitrogens with one attached hydrogen (secondary N) is 2. The van der Waals surface area contributed by atoms with E-state index in [1.54, 1.807) is 19.9 Å². The second-order valence-electron chi connectivity index (χ2n) is 6.06. The number of aromatic amines is 1. The number of para-hydroxylation sites is 1. The van der Waals surface area contributed by atoms with Crippen LogP contribution in [0.25, 0.3) is 0 Å². The first-order valence-corrected chi connectivity index (χ1v) is 7.70. The van der Waals surface area contributed by atoms with E-state index < -0.39 is 0 Å². The molecule has 0 spiro atoms. The molecule has 1 aliphatic heterocycles. The lowest BCUT2D eigenvalue weighted by molar-refractivity contribution is 0.0930. The molecule has 0 aliphatic carbocycles. The van der Waals surface area contributed by atoms with E-state index in [9.17, 15) is 9.59 Å². The molecule has 2 aromatic rings. The minimum absolute atomic E-state index is 0.0833. The average Bonchev–Trinajstić information content (AvgIpc) is 2.89. The number of amides is 1. The van der Waals surface area contributed by atoms with Gasteiger partial charge in [-0.3, -0.25) is 9.59 Å². The third kappa shape index (κ3) is 2.86. The van der Waals surface area contributed by atoms with Crippen molar-refractivity contribution in [2.75, 3.05) is 6.61 Å². The van der Waals surface area contributed by atoms with E-state index in [1.165, 1.54) is 0 Å². The molecule has 0 radical (unpaired) electrons. The third-order valence-corrected chi connectivity index (χ3v) is 4.29. The van der Waals surface area contributed by atoms with E-state index in [0.717, 1.165) is 17.0 Å². The molecule has 0 saturated heterocycles. The first-order valence-electron chi connectivity index (χ1n) is 7.70. The summed E-state index contributed by atoms with van der Waals surface area (Å²) in [6.07, 6.45) is 0. The number of hydrogen-bond acceptors (Lipinski definition) is 3. The fourth-order valence-corrected chi connectivity index (χ4v) is 3.12. The SMILES string of the molecule is Cc1cc(C)c(C(=O)N[C@H](C)[C@@H]2COc3ccccc32)c(=O)[nH]1. The van der Waals surface area contributed by atoms with Crippen LogP contribution in [0.3, 0.4) is 0 Å². The number of carbonyl (C=O) groups excluding carboxylic acids is 1. The lowest BCUT2D eigenvalue weighted by atomic mass is 9.94. The maximum atomic E-state index is 12.5. The van der Waals surface area contributed by atoms with Crippen LogP contribution in [0.4, 0.5) is 0 Å². The molecule has 0 bridgehead atoms. The van der Waals surface area contributed by atoms with Crippen LogP contribution in [0.15, 0.2) is 35.1 Å². The molecule has 120 valence electrons. The Balaban J connectivity index is 1.80. The Kier molecular flexibility index (Phi) is 3.94. The summed E-state index contributed by atoms with van der Waals surface area (Å²) in [6, 6.07) is 9.50. The second kappa shape index (κ2) is 5.91. The van der Waals surface area contributed by atoms with Gasteiger partial charge in [-0.2, -0.15) is 0 Å². The zero-order valence-electron chi connectivity index (χ0n) is 13.5. The van der Waals surface area contributed by atoms with E-state index in [4.69, 9.17) is 4.74 Å². The second-order valence-corrected chi connectivity index (χ2v) is 6.06. The number of H-pyrrole nitrogens is 1. The Bertz CT molecular complexity index is 810. The summed E-state index contributed by atoms with van der Waals surface area (Å²) in [5, 5.41) is 2.94. The molecule has 1 aliphatic rings. The summed E-state index contributed by atoms with van der Waals surface area (Å²) in [7, 11) is 0. The molecule has 3 rings (SSSR count). The number of aromatic nitrogens is 1. The number of fused-ring (bicyclic) bond motifs is 1. The summed E-state index contributed by atoms with van der Waals surface area (Å²) in [5.74, 6) is 0.601. The highest BCUT2D eigenvalue weighted by Crippen LogP contribution is 2.35. The first kappa shape index (κ1) is 15.3. The lowest BCUT2D eigenvalue weighted by Gasteiger charge is -2.20. The van der Waals surface area contributed by atoms with Crippen molar-refractivity contribution in [1.29, 1.82) is 0 Å². The highest BCUT2D eigenvalue weighted by atomic mass is 16.5. The van der Waals surface area contributed by atoms with E-state index in [-0.39, 0.29) is 29.0 Å². The molecular weight excluding hydrogens is 292 g/mol. The van der Waals surface area contributed by atoms with Crippen LogP contribution in [-0.4, -0.2) is 23.5 Å². The number of ether oxygens (including phenoxy) is 1. The Morgan fingerprint density at radius 1 is 1.35 bits per heavy atom. The smallest absolute Gasteiger partial charge is 0.261 e. The maximum absolute atomic E-state index is 12.5. The van der Waals surface area contributed by atoms with Gasteiger partial charge in [-0.1, -0.05) is 18.2 Å². The summed E-state index contributed by atoms with van der Waals surface area (Å²) in [6.45, 7) is 6.04. The Labute approximate surface area is 134 Å². The van der Waals surface area contributed by atoms with Gasteiger partial charge in [0.2, 0.25) is 0 Å². The number of benzene rings is 1. The van der Waals surface area contributed by atoms with Crippen molar-refractivity contribution in [3.05, 3.63) is 63.1 Å². The molecule has 0 fully saturated rings. The van der Waals surface area contributed by atoms with Crippen LogP contribution >= 0.6 is 0 Å². The molecule has 2 heterocycles. The van der Waals surface area contributed by atoms with Crippen LogP contribution in [0.1, 0.15) is 40.0 Å². The van der Waals surface area contributed by atoms with Gasteiger partial charge in [0.1, 0.15) is 11.3 Å². The van der Waals surface area contributed by atoms with Crippen LogP contribution in [0, 0.1) is 13.8 Å². The number of aryl methyl sites for hydroxylation is 2. The summed E-state index contributed by atoms with van der Waals surface area (Å²) in [5.41, 5.74) is 2.34. The predicted octanol–water partition coefficient (Wildman–Crippen LogP) is 2.29. The summed E-state index contributed by atoms with van der Waals surface area (Å²) < 4.78 is 5.66. The van der Waals surface area contributed by atoms with Gasteiger partial charge in [0, 0.05) is 23.2 Å². The van der Waals surface area contributed by atoms with E-state index in [2.05, 4.69) is 10.3 Å². The van der Waals surface area contributed by atoms with Gasteiger partial charge in [-0.05, 0) is 38.5 Å². The van der Waals surface area contributed by atoms with E-state index >= 15 is 0 Å². The molecule has 5 heteroatoms. The largest absolute Gasteiger partial charge is 0.493 e. The molecule has 2 atom stereocenters. The van der Waals surface area contributed by atoms with Gasteiger partial charge in [0.05, 0.1) is 6.61 Å². The van der Waals surface area contributed by atoms with Crippen molar-refractivity contribution in [3.63, 3.8) is 0 Å². The number of pyridine rings is 1. The van der Waals surface area contributed by atoms with Gasteiger partial charge < -0.3 is 15.0 Å². The van der Waals surface area contributed by atoms with Crippen molar-refractivity contribution >= 4 is 5.91 Å². The topological polar surface area (TPSA) is 71.2 Å². The number of hydrogen-bond donors (Lipinski definition) is 2. The standard InChI is InChI=1S/C18H20N2O3/c1-10-8-11(2)19-17(21)16(10)18(22)20-12(3)14-9-23-15-7-5-4-6-13(14)15/h4-8,12,14H,9H2,1-3H3,(H,19,21)(H,20,22)/t12-,14+/m1/s1. The normalized spacial score (nSPS) is 17.3. The van der Waals surface area contributed by atoms with Crippen molar-refractivity contribution < 1.29 is 9.53 Å². The van der Waals surface area contributed by atoms with Crippen molar-refractivity contribution in [2.24, 2.45) is 0 Å². The fourth-order valence-electron chi connectivity index (χ4n) is 3.12. The van der Waals surface area contributed by atoms with Gasteiger partial charge in [0.15, 0.2) is 0 Å². The Hall–Kier alpha value is -2.56. The fraction of sp³-hybridized carbons (Fsp3) is 0.333. The quantitative estimate of drug-likeness (QED) is 0.913. The highest BCUT2D eigenvalue weighted by molar-refractivity contribution is 5.95. The predicted molar refractivity (Wildman–Crippen MR) is 88.1 cm³/mol. The van der Waals surface area contributed by atoms with Crippen LogP contribution in [0.5, 0.6) is 5.75 Å². The number of carbonyl (C=O) groups is 1. The van der Waals surface area contributed by atoms with Gasteiger partial charge in [0.25, 0.3) is 11.5 Å². The van der Waals surface area contributed by atoms with Crippen molar-refractivity contribution in [3.8, 4) is 5.75 Å². The molecule has 1 aromatic carbocycles.